The molecule has 2 unspecified atom stereocenters. The molecule has 2 heterocycles. The number of rotatable bonds is 4. The summed E-state index contributed by atoms with van der Waals surface area (Å²) in [7, 11) is 0. The second kappa shape index (κ2) is 5.09. The van der Waals surface area contributed by atoms with E-state index >= 15 is 0 Å². The molecule has 0 aromatic carbocycles. The van der Waals surface area contributed by atoms with E-state index in [9.17, 15) is 9.59 Å². The highest BCUT2D eigenvalue weighted by Gasteiger charge is 2.52. The molecule has 2 rings (SSSR count). The summed E-state index contributed by atoms with van der Waals surface area (Å²) < 4.78 is 0. The molecule has 2 fully saturated rings. The van der Waals surface area contributed by atoms with Crippen LogP contribution in [0.5, 0.6) is 0 Å². The molecule has 0 aliphatic carbocycles. The van der Waals surface area contributed by atoms with Crippen LogP contribution < -0.4 is 5.32 Å². The molecule has 0 bridgehead atoms. The number of thioether (sulfide) groups is 1. The van der Waals surface area contributed by atoms with Crippen molar-refractivity contribution in [3.8, 4) is 0 Å². The van der Waals surface area contributed by atoms with Crippen LogP contribution in [0.4, 0.5) is 0 Å². The van der Waals surface area contributed by atoms with Crippen molar-refractivity contribution in [2.24, 2.45) is 0 Å². The molecule has 2 N–H and O–H groups in total. The SMILES string of the molecule is CC[C@H](CO)NC(=O)C1CSC2(C)CCC(=O)N12. The van der Waals surface area contributed by atoms with Crippen molar-refractivity contribution in [1.82, 2.24) is 10.2 Å². The number of carbonyl (C=O) groups is 2. The Hall–Kier alpha value is -0.750. The maximum atomic E-state index is 12.2. The number of nitrogens with one attached hydrogen (secondary N) is 1. The largest absolute Gasteiger partial charge is 0.394 e. The Labute approximate surface area is 111 Å². The van der Waals surface area contributed by atoms with Crippen LogP contribution in [0.1, 0.15) is 33.1 Å². The number of amides is 2. The van der Waals surface area contributed by atoms with E-state index in [2.05, 4.69) is 5.32 Å². The molecule has 6 heteroatoms. The zero-order valence-electron chi connectivity index (χ0n) is 10.8. The predicted molar refractivity (Wildman–Crippen MR) is 70.0 cm³/mol. The lowest BCUT2D eigenvalue weighted by molar-refractivity contribution is -0.138. The fraction of sp³-hybridized carbons (Fsp3) is 0.833. The van der Waals surface area contributed by atoms with E-state index in [0.717, 1.165) is 6.42 Å². The fourth-order valence-corrected chi connectivity index (χ4v) is 4.02. The molecule has 0 aromatic heterocycles. The summed E-state index contributed by atoms with van der Waals surface area (Å²) in [6.45, 7) is 3.88. The zero-order valence-corrected chi connectivity index (χ0v) is 11.6. The average Bonchev–Trinajstić information content (AvgIpc) is 2.84. The highest BCUT2D eigenvalue weighted by molar-refractivity contribution is 8.01. The Kier molecular flexibility index (Phi) is 3.87. The van der Waals surface area contributed by atoms with Gasteiger partial charge in [-0.25, -0.2) is 0 Å². The normalized spacial score (nSPS) is 32.5. The first-order chi connectivity index (χ1) is 8.51. The lowest BCUT2D eigenvalue weighted by Crippen LogP contribution is -2.52. The monoisotopic (exact) mass is 272 g/mol. The molecule has 18 heavy (non-hydrogen) atoms. The van der Waals surface area contributed by atoms with E-state index in [1.807, 2.05) is 13.8 Å². The maximum Gasteiger partial charge on any atom is 0.244 e. The summed E-state index contributed by atoms with van der Waals surface area (Å²) >= 11 is 1.68. The van der Waals surface area contributed by atoms with Gasteiger partial charge in [0.25, 0.3) is 0 Å². The summed E-state index contributed by atoms with van der Waals surface area (Å²) in [6, 6.07) is -0.595. The lowest BCUT2D eigenvalue weighted by atomic mass is 10.2. The van der Waals surface area contributed by atoms with Crippen molar-refractivity contribution in [2.75, 3.05) is 12.4 Å². The second-order valence-corrected chi connectivity index (χ2v) is 6.56. The minimum absolute atomic E-state index is 0.0622. The summed E-state index contributed by atoms with van der Waals surface area (Å²) in [5.74, 6) is 0.581. The summed E-state index contributed by atoms with van der Waals surface area (Å²) in [6.07, 6.45) is 2.04. The Morgan fingerprint density at radius 1 is 1.72 bits per heavy atom. The number of carbonyl (C=O) groups excluding carboxylic acids is 2. The molecule has 0 spiro atoms. The van der Waals surface area contributed by atoms with Crippen LogP contribution in [0.25, 0.3) is 0 Å². The number of hydrogen-bond donors (Lipinski definition) is 2. The molecular formula is C12H20N2O3S. The predicted octanol–water partition coefficient (Wildman–Crippen LogP) is 0.327. The molecule has 2 aliphatic heterocycles. The second-order valence-electron chi connectivity index (χ2n) is 5.06. The molecule has 2 aliphatic rings. The highest BCUT2D eigenvalue weighted by Crippen LogP contribution is 2.47. The van der Waals surface area contributed by atoms with E-state index < -0.39 is 0 Å². The molecule has 0 saturated carbocycles. The summed E-state index contributed by atoms with van der Waals surface area (Å²) in [4.78, 5) is 25.6. The van der Waals surface area contributed by atoms with Gasteiger partial charge in [-0.2, -0.15) is 0 Å². The number of fused-ring (bicyclic) bond motifs is 1. The van der Waals surface area contributed by atoms with Gasteiger partial charge >= 0.3 is 0 Å². The molecule has 0 aromatic rings. The fourth-order valence-electron chi connectivity index (χ4n) is 2.59. The quantitative estimate of drug-likeness (QED) is 0.773. The lowest BCUT2D eigenvalue weighted by Gasteiger charge is -2.30. The van der Waals surface area contributed by atoms with Crippen molar-refractivity contribution in [1.29, 1.82) is 0 Å². The van der Waals surface area contributed by atoms with E-state index in [4.69, 9.17) is 5.11 Å². The molecule has 5 nitrogen and oxygen atoms in total. The Bertz CT molecular complexity index is 359. The zero-order chi connectivity index (χ0) is 13.3. The minimum Gasteiger partial charge on any atom is -0.394 e. The first kappa shape index (κ1) is 13.7. The van der Waals surface area contributed by atoms with Crippen molar-refractivity contribution >= 4 is 23.6 Å². The number of aliphatic hydroxyl groups is 1. The van der Waals surface area contributed by atoms with Gasteiger partial charge in [-0.1, -0.05) is 6.92 Å². The third-order valence-corrected chi connectivity index (χ3v) is 5.31. The molecule has 2 saturated heterocycles. The summed E-state index contributed by atoms with van der Waals surface area (Å²) in [5, 5.41) is 11.9. The van der Waals surface area contributed by atoms with Crippen LogP contribution in [0, 0.1) is 0 Å². The van der Waals surface area contributed by atoms with Gasteiger partial charge in [0.1, 0.15) is 6.04 Å². The van der Waals surface area contributed by atoms with Crippen LogP contribution in [0.3, 0.4) is 0 Å². The summed E-state index contributed by atoms with van der Waals surface area (Å²) in [5.41, 5.74) is 0. The van der Waals surface area contributed by atoms with E-state index in [1.54, 1.807) is 16.7 Å². The molecular weight excluding hydrogens is 252 g/mol. The van der Waals surface area contributed by atoms with Crippen LogP contribution in [-0.4, -0.2) is 51.1 Å². The molecule has 0 radical (unpaired) electrons. The third kappa shape index (κ3) is 2.23. The standard InChI is InChI=1S/C12H20N2O3S/c1-3-8(6-15)13-11(17)9-7-18-12(2)5-4-10(16)14(9)12/h8-9,15H,3-7H2,1-2H3,(H,13,17)/t8-,9?,12?/m1/s1. The van der Waals surface area contributed by atoms with Crippen LogP contribution >= 0.6 is 11.8 Å². The van der Waals surface area contributed by atoms with Gasteiger partial charge in [-0.3, -0.25) is 9.59 Å². The van der Waals surface area contributed by atoms with Gasteiger partial charge in [0.05, 0.1) is 17.5 Å². The first-order valence-electron chi connectivity index (χ1n) is 6.39. The number of nitrogens with zero attached hydrogens (tertiary/aromatic N) is 1. The number of aliphatic hydroxyl groups excluding tert-OH is 1. The van der Waals surface area contributed by atoms with Crippen molar-refractivity contribution in [2.45, 2.75) is 50.1 Å². The molecule has 2 amide bonds. The van der Waals surface area contributed by atoms with Gasteiger partial charge in [0, 0.05) is 12.2 Å². The van der Waals surface area contributed by atoms with Gasteiger partial charge in [-0.05, 0) is 19.8 Å². The van der Waals surface area contributed by atoms with Crippen LogP contribution in [0.2, 0.25) is 0 Å². The van der Waals surface area contributed by atoms with Crippen molar-refractivity contribution in [3.05, 3.63) is 0 Å². The third-order valence-electron chi connectivity index (χ3n) is 3.81. The molecule has 3 atom stereocenters. The number of hydrogen-bond acceptors (Lipinski definition) is 4. The topological polar surface area (TPSA) is 69.6 Å². The van der Waals surface area contributed by atoms with Gasteiger partial charge in [0.15, 0.2) is 0 Å². The highest BCUT2D eigenvalue weighted by atomic mass is 32.2. The van der Waals surface area contributed by atoms with Gasteiger partial charge < -0.3 is 15.3 Å². The van der Waals surface area contributed by atoms with E-state index in [0.29, 0.717) is 18.6 Å². The van der Waals surface area contributed by atoms with Crippen LogP contribution in [-0.2, 0) is 9.59 Å². The average molecular weight is 272 g/mol. The Morgan fingerprint density at radius 3 is 3.06 bits per heavy atom. The molecule has 102 valence electrons. The van der Waals surface area contributed by atoms with Gasteiger partial charge in [0.2, 0.25) is 11.8 Å². The smallest absolute Gasteiger partial charge is 0.244 e. The first-order valence-corrected chi connectivity index (χ1v) is 7.37. The maximum absolute atomic E-state index is 12.2. The minimum atomic E-state index is -0.379. The Morgan fingerprint density at radius 2 is 2.44 bits per heavy atom. The van der Waals surface area contributed by atoms with E-state index in [-0.39, 0.29) is 35.4 Å². The van der Waals surface area contributed by atoms with Crippen LogP contribution in [0.15, 0.2) is 0 Å². The van der Waals surface area contributed by atoms with Crippen molar-refractivity contribution < 1.29 is 14.7 Å². The van der Waals surface area contributed by atoms with E-state index in [1.165, 1.54) is 0 Å². The van der Waals surface area contributed by atoms with Crippen molar-refractivity contribution in [3.63, 3.8) is 0 Å². The van der Waals surface area contributed by atoms with Gasteiger partial charge in [-0.15, -0.1) is 11.8 Å². The Balaban J connectivity index is 2.05.